The second-order valence-corrected chi connectivity index (χ2v) is 9.04. The van der Waals surface area contributed by atoms with Crippen molar-refractivity contribution in [2.45, 2.75) is 39.8 Å². The Hall–Kier alpha value is -3.74. The van der Waals surface area contributed by atoms with Gasteiger partial charge in [-0.3, -0.25) is 9.59 Å². The highest BCUT2D eigenvalue weighted by Gasteiger charge is 2.23. The summed E-state index contributed by atoms with van der Waals surface area (Å²) in [6, 6.07) is 17.2. The third-order valence-electron chi connectivity index (χ3n) is 6.20. The average molecular weight is 494 g/mol. The van der Waals surface area contributed by atoms with Gasteiger partial charge in [-0.1, -0.05) is 32.0 Å². The lowest BCUT2D eigenvalue weighted by molar-refractivity contribution is -0.137. The Kier molecular flexibility index (Phi) is 9.17. The van der Waals surface area contributed by atoms with Gasteiger partial charge >= 0.3 is 0 Å². The van der Waals surface area contributed by atoms with Gasteiger partial charge in [-0.05, 0) is 72.5 Å². The molecule has 0 aliphatic carbocycles. The average Bonchev–Trinajstić information content (AvgIpc) is 2.85. The molecule has 3 aromatic rings. The lowest BCUT2D eigenvalue weighted by atomic mass is 10.0. The highest BCUT2D eigenvalue weighted by atomic mass is 19.1. The number of hydrogen-bond donors (Lipinski definition) is 1. The van der Waals surface area contributed by atoms with Gasteiger partial charge in [-0.15, -0.1) is 0 Å². The van der Waals surface area contributed by atoms with Crippen LogP contribution in [-0.4, -0.2) is 30.8 Å². The van der Waals surface area contributed by atoms with Crippen LogP contribution in [0.2, 0.25) is 0 Å². The molecule has 0 saturated carbocycles. The van der Waals surface area contributed by atoms with E-state index in [-0.39, 0.29) is 23.2 Å². The number of nitrogens with zero attached hydrogens (tertiary/aromatic N) is 2. The fourth-order valence-electron chi connectivity index (χ4n) is 4.18. The fourth-order valence-corrected chi connectivity index (χ4v) is 4.18. The Balaban J connectivity index is 1.93. The molecule has 0 aliphatic heterocycles. The van der Waals surface area contributed by atoms with E-state index in [9.17, 15) is 18.4 Å². The Bertz CT molecular complexity index is 1190. The van der Waals surface area contributed by atoms with Gasteiger partial charge in [0.1, 0.15) is 11.6 Å². The van der Waals surface area contributed by atoms with Crippen molar-refractivity contribution in [2.75, 3.05) is 24.3 Å². The minimum Gasteiger partial charge on any atom is -0.377 e. The standard InChI is InChI=1S/C29H33F2N3O2/c1-5-21(6-2)29(36)34(18-20-10-12-24(30)13-11-20)19-23-17-26(14-15-27(23)33(3)4)32-28(35)22-8-7-9-25(31)16-22/h7-17,21H,5-6,18-19H2,1-4H3,(H,32,35). The van der Waals surface area contributed by atoms with E-state index < -0.39 is 11.7 Å². The van der Waals surface area contributed by atoms with E-state index in [2.05, 4.69) is 5.32 Å². The van der Waals surface area contributed by atoms with Gasteiger partial charge in [0.05, 0.1) is 0 Å². The summed E-state index contributed by atoms with van der Waals surface area (Å²) in [6.07, 6.45) is 1.44. The van der Waals surface area contributed by atoms with E-state index in [4.69, 9.17) is 0 Å². The molecule has 0 heterocycles. The molecule has 0 aliphatic rings. The van der Waals surface area contributed by atoms with Crippen LogP contribution in [0.25, 0.3) is 0 Å². The van der Waals surface area contributed by atoms with E-state index in [1.165, 1.54) is 30.3 Å². The largest absolute Gasteiger partial charge is 0.377 e. The van der Waals surface area contributed by atoms with Crippen molar-refractivity contribution < 1.29 is 18.4 Å². The van der Waals surface area contributed by atoms with Crippen LogP contribution in [0.4, 0.5) is 20.2 Å². The molecule has 0 aromatic heterocycles. The van der Waals surface area contributed by atoms with Crippen molar-refractivity contribution in [3.8, 4) is 0 Å². The number of amides is 2. The minimum atomic E-state index is -0.484. The molecule has 5 nitrogen and oxygen atoms in total. The van der Waals surface area contributed by atoms with Crippen molar-refractivity contribution in [3.63, 3.8) is 0 Å². The van der Waals surface area contributed by atoms with Gasteiger partial charge in [-0.25, -0.2) is 8.78 Å². The first-order chi connectivity index (χ1) is 17.2. The molecule has 190 valence electrons. The van der Waals surface area contributed by atoms with E-state index in [1.807, 2.05) is 45.0 Å². The van der Waals surface area contributed by atoms with Crippen molar-refractivity contribution in [2.24, 2.45) is 5.92 Å². The maximum Gasteiger partial charge on any atom is 0.255 e. The van der Waals surface area contributed by atoms with E-state index in [0.29, 0.717) is 18.8 Å². The number of carbonyl (C=O) groups excluding carboxylic acids is 2. The highest BCUT2D eigenvalue weighted by molar-refractivity contribution is 6.04. The molecule has 2 amide bonds. The topological polar surface area (TPSA) is 52.7 Å². The molecule has 3 rings (SSSR count). The molecule has 0 atom stereocenters. The zero-order valence-electron chi connectivity index (χ0n) is 21.2. The van der Waals surface area contributed by atoms with Crippen LogP contribution in [0.15, 0.2) is 66.7 Å². The van der Waals surface area contributed by atoms with Crippen molar-refractivity contribution in [1.29, 1.82) is 0 Å². The third-order valence-corrected chi connectivity index (χ3v) is 6.20. The SMILES string of the molecule is CCC(CC)C(=O)N(Cc1ccc(F)cc1)Cc1cc(NC(=O)c2cccc(F)c2)ccc1N(C)C. The zero-order valence-corrected chi connectivity index (χ0v) is 21.2. The van der Waals surface area contributed by atoms with Crippen LogP contribution in [0.5, 0.6) is 0 Å². The summed E-state index contributed by atoms with van der Waals surface area (Å²) in [7, 11) is 3.83. The molecule has 0 bridgehead atoms. The number of carbonyl (C=O) groups is 2. The molecule has 0 saturated heterocycles. The van der Waals surface area contributed by atoms with Crippen molar-refractivity contribution >= 4 is 23.2 Å². The number of nitrogens with one attached hydrogen (secondary N) is 1. The quantitative estimate of drug-likeness (QED) is 0.363. The first kappa shape index (κ1) is 26.9. The van der Waals surface area contributed by atoms with Crippen LogP contribution >= 0.6 is 0 Å². The second kappa shape index (κ2) is 12.3. The van der Waals surface area contributed by atoms with Gasteiger partial charge < -0.3 is 15.1 Å². The molecule has 0 unspecified atom stereocenters. The first-order valence-corrected chi connectivity index (χ1v) is 12.1. The van der Waals surface area contributed by atoms with Crippen LogP contribution in [-0.2, 0) is 17.9 Å². The summed E-state index contributed by atoms with van der Waals surface area (Å²) in [5.74, 6) is -1.32. The molecular formula is C29H33F2N3O2. The van der Waals surface area contributed by atoms with Gasteiger partial charge in [0.2, 0.25) is 5.91 Å². The molecular weight excluding hydrogens is 460 g/mol. The van der Waals surface area contributed by atoms with Gasteiger partial charge in [0, 0.05) is 50.0 Å². The third kappa shape index (κ3) is 6.90. The predicted molar refractivity (Wildman–Crippen MR) is 140 cm³/mol. The zero-order chi connectivity index (χ0) is 26.2. The molecule has 1 N–H and O–H groups in total. The van der Waals surface area contributed by atoms with Gasteiger partial charge in [0.15, 0.2) is 0 Å². The van der Waals surface area contributed by atoms with Gasteiger partial charge in [0.25, 0.3) is 5.91 Å². The van der Waals surface area contributed by atoms with Crippen LogP contribution in [0, 0.1) is 17.6 Å². The summed E-state index contributed by atoms with van der Waals surface area (Å²) >= 11 is 0. The van der Waals surface area contributed by atoms with Gasteiger partial charge in [-0.2, -0.15) is 0 Å². The Morgan fingerprint density at radius 1 is 0.861 bits per heavy atom. The van der Waals surface area contributed by atoms with E-state index >= 15 is 0 Å². The van der Waals surface area contributed by atoms with Crippen LogP contribution < -0.4 is 10.2 Å². The van der Waals surface area contributed by atoms with Crippen LogP contribution in [0.1, 0.15) is 48.2 Å². The lowest BCUT2D eigenvalue weighted by Crippen LogP contribution is -2.35. The maximum atomic E-state index is 13.6. The smallest absolute Gasteiger partial charge is 0.255 e. The number of anilines is 2. The highest BCUT2D eigenvalue weighted by Crippen LogP contribution is 2.27. The summed E-state index contributed by atoms with van der Waals surface area (Å²) in [5.41, 5.74) is 3.34. The maximum absolute atomic E-state index is 13.6. The molecule has 0 radical (unpaired) electrons. The van der Waals surface area contributed by atoms with Crippen molar-refractivity contribution in [1.82, 2.24) is 4.90 Å². The Labute approximate surface area is 211 Å². The molecule has 0 fully saturated rings. The minimum absolute atomic E-state index is 0.0308. The Morgan fingerprint density at radius 3 is 2.17 bits per heavy atom. The normalized spacial score (nSPS) is 10.9. The van der Waals surface area contributed by atoms with E-state index in [1.54, 1.807) is 29.2 Å². The number of rotatable bonds is 10. The second-order valence-electron chi connectivity index (χ2n) is 9.04. The lowest BCUT2D eigenvalue weighted by Gasteiger charge is -2.29. The molecule has 0 spiro atoms. The summed E-state index contributed by atoms with van der Waals surface area (Å²) < 4.78 is 27.0. The fraction of sp³-hybridized carbons (Fsp3) is 0.310. The Morgan fingerprint density at radius 2 is 1.56 bits per heavy atom. The predicted octanol–water partition coefficient (Wildman–Crippen LogP) is 6.25. The number of benzene rings is 3. The monoisotopic (exact) mass is 493 g/mol. The molecule has 36 heavy (non-hydrogen) atoms. The van der Waals surface area contributed by atoms with Crippen molar-refractivity contribution in [3.05, 3.63) is 95.1 Å². The van der Waals surface area contributed by atoms with Crippen LogP contribution in [0.3, 0.4) is 0 Å². The van der Waals surface area contributed by atoms with E-state index in [0.717, 1.165) is 29.7 Å². The molecule has 3 aromatic carbocycles. The summed E-state index contributed by atoms with van der Waals surface area (Å²) in [4.78, 5) is 29.9. The number of hydrogen-bond acceptors (Lipinski definition) is 3. The summed E-state index contributed by atoms with van der Waals surface area (Å²) in [6.45, 7) is 4.64. The first-order valence-electron chi connectivity index (χ1n) is 12.1. The number of halogens is 2. The molecule has 7 heteroatoms. The summed E-state index contributed by atoms with van der Waals surface area (Å²) in [5, 5.41) is 2.83.